The van der Waals surface area contributed by atoms with E-state index in [9.17, 15) is 4.79 Å². The van der Waals surface area contributed by atoms with Gasteiger partial charge in [0.1, 0.15) is 0 Å². The first-order chi connectivity index (χ1) is 8.58. The molecule has 1 unspecified atom stereocenters. The van der Waals surface area contributed by atoms with E-state index in [0.717, 1.165) is 12.8 Å². The molecule has 1 saturated carbocycles. The lowest BCUT2D eigenvalue weighted by Gasteiger charge is -2.23. The molecule has 1 fully saturated rings. The molecule has 18 heavy (non-hydrogen) atoms. The molecule has 0 saturated heterocycles. The topological polar surface area (TPSA) is 29.1 Å². The Bertz CT molecular complexity index is 418. The van der Waals surface area contributed by atoms with Crippen LogP contribution >= 0.6 is 11.3 Å². The fourth-order valence-electron chi connectivity index (χ4n) is 2.85. The first-order valence-corrected chi connectivity index (χ1v) is 7.77. The lowest BCUT2D eigenvalue weighted by Crippen LogP contribution is -2.33. The van der Waals surface area contributed by atoms with E-state index in [0.29, 0.717) is 0 Å². The number of thiophene rings is 1. The van der Waals surface area contributed by atoms with Gasteiger partial charge in [-0.3, -0.25) is 4.79 Å². The van der Waals surface area contributed by atoms with Gasteiger partial charge in [-0.25, -0.2) is 0 Å². The van der Waals surface area contributed by atoms with Crippen LogP contribution in [0, 0.1) is 19.8 Å². The number of hydrogen-bond acceptors (Lipinski definition) is 2. The summed E-state index contributed by atoms with van der Waals surface area (Å²) in [7, 11) is 0. The highest BCUT2D eigenvalue weighted by Gasteiger charge is 2.23. The molecule has 1 atom stereocenters. The SMILES string of the molecule is Cc1cc(C(C)NC(=O)C2CCCCC2)c(C)s1. The molecule has 1 heterocycles. The lowest BCUT2D eigenvalue weighted by molar-refractivity contribution is -0.126. The Labute approximate surface area is 114 Å². The van der Waals surface area contributed by atoms with Gasteiger partial charge >= 0.3 is 0 Å². The van der Waals surface area contributed by atoms with E-state index >= 15 is 0 Å². The number of nitrogens with one attached hydrogen (secondary N) is 1. The highest BCUT2D eigenvalue weighted by atomic mass is 32.1. The van der Waals surface area contributed by atoms with E-state index in [1.165, 1.54) is 34.6 Å². The van der Waals surface area contributed by atoms with E-state index in [-0.39, 0.29) is 17.9 Å². The van der Waals surface area contributed by atoms with Crippen molar-refractivity contribution in [1.82, 2.24) is 5.32 Å². The van der Waals surface area contributed by atoms with Gasteiger partial charge in [0.25, 0.3) is 0 Å². The quantitative estimate of drug-likeness (QED) is 0.875. The minimum atomic E-state index is 0.143. The van der Waals surface area contributed by atoms with Crippen molar-refractivity contribution < 1.29 is 4.79 Å². The summed E-state index contributed by atoms with van der Waals surface area (Å²) in [5.41, 5.74) is 1.28. The Kier molecular flexibility index (Phi) is 4.44. The van der Waals surface area contributed by atoms with Gasteiger partial charge in [-0.05, 0) is 45.2 Å². The van der Waals surface area contributed by atoms with Crippen LogP contribution in [0.1, 0.15) is 60.4 Å². The number of hydrogen-bond donors (Lipinski definition) is 1. The van der Waals surface area contributed by atoms with Gasteiger partial charge in [0.2, 0.25) is 5.91 Å². The molecule has 1 amide bonds. The Balaban J connectivity index is 1.96. The van der Waals surface area contributed by atoms with Crippen molar-refractivity contribution in [2.45, 2.75) is 58.9 Å². The van der Waals surface area contributed by atoms with E-state index in [2.05, 4.69) is 32.2 Å². The average Bonchev–Trinajstić information content (AvgIpc) is 2.69. The van der Waals surface area contributed by atoms with E-state index < -0.39 is 0 Å². The first kappa shape index (κ1) is 13.6. The molecule has 2 rings (SSSR count). The second-order valence-corrected chi connectivity index (χ2v) is 6.89. The van der Waals surface area contributed by atoms with Crippen molar-refractivity contribution in [3.8, 4) is 0 Å². The Morgan fingerprint density at radius 3 is 2.56 bits per heavy atom. The number of amides is 1. The minimum Gasteiger partial charge on any atom is -0.349 e. The minimum absolute atomic E-state index is 0.143. The van der Waals surface area contributed by atoms with E-state index in [4.69, 9.17) is 0 Å². The summed E-state index contributed by atoms with van der Waals surface area (Å²) in [4.78, 5) is 14.8. The molecule has 0 aromatic carbocycles. The largest absolute Gasteiger partial charge is 0.349 e. The van der Waals surface area contributed by atoms with Crippen LogP contribution in [-0.2, 0) is 4.79 Å². The van der Waals surface area contributed by atoms with Crippen LogP contribution in [0.2, 0.25) is 0 Å². The predicted octanol–water partition coefficient (Wildman–Crippen LogP) is 4.12. The summed E-state index contributed by atoms with van der Waals surface area (Å²) in [6.07, 6.45) is 5.86. The normalized spacial score (nSPS) is 18.6. The second-order valence-electron chi connectivity index (χ2n) is 5.43. The van der Waals surface area contributed by atoms with E-state index in [1.807, 2.05) is 11.3 Å². The summed E-state index contributed by atoms with van der Waals surface area (Å²) < 4.78 is 0. The van der Waals surface area contributed by atoms with Crippen molar-refractivity contribution in [2.24, 2.45) is 5.92 Å². The molecule has 3 heteroatoms. The van der Waals surface area contributed by atoms with Crippen molar-refractivity contribution in [3.05, 3.63) is 21.4 Å². The number of rotatable bonds is 3. The molecule has 0 radical (unpaired) electrons. The van der Waals surface area contributed by atoms with Crippen LogP contribution in [0.5, 0.6) is 0 Å². The van der Waals surface area contributed by atoms with Crippen LogP contribution in [-0.4, -0.2) is 5.91 Å². The number of carbonyl (C=O) groups excluding carboxylic acids is 1. The zero-order valence-electron chi connectivity index (χ0n) is 11.6. The zero-order valence-corrected chi connectivity index (χ0v) is 12.4. The highest BCUT2D eigenvalue weighted by molar-refractivity contribution is 7.12. The first-order valence-electron chi connectivity index (χ1n) is 6.95. The van der Waals surface area contributed by atoms with Crippen molar-refractivity contribution in [2.75, 3.05) is 0 Å². The van der Waals surface area contributed by atoms with Gasteiger partial charge in [0, 0.05) is 15.7 Å². The third kappa shape index (κ3) is 3.14. The van der Waals surface area contributed by atoms with Crippen molar-refractivity contribution in [3.63, 3.8) is 0 Å². The molecule has 1 aromatic rings. The van der Waals surface area contributed by atoms with Crippen molar-refractivity contribution >= 4 is 17.2 Å². The average molecular weight is 265 g/mol. The molecule has 1 aliphatic carbocycles. The van der Waals surface area contributed by atoms with Crippen LogP contribution in [0.25, 0.3) is 0 Å². The Morgan fingerprint density at radius 2 is 2.00 bits per heavy atom. The molecule has 1 N–H and O–H groups in total. The number of carbonyl (C=O) groups is 1. The molecule has 0 aliphatic heterocycles. The fraction of sp³-hybridized carbons (Fsp3) is 0.667. The van der Waals surface area contributed by atoms with Crippen LogP contribution in [0.3, 0.4) is 0 Å². The monoisotopic (exact) mass is 265 g/mol. The Morgan fingerprint density at radius 1 is 1.33 bits per heavy atom. The summed E-state index contributed by atoms with van der Waals surface area (Å²) in [5.74, 6) is 0.506. The summed E-state index contributed by atoms with van der Waals surface area (Å²) >= 11 is 1.81. The van der Waals surface area contributed by atoms with Crippen LogP contribution < -0.4 is 5.32 Å². The maximum Gasteiger partial charge on any atom is 0.223 e. The summed E-state index contributed by atoms with van der Waals surface area (Å²) in [6, 6.07) is 2.34. The smallest absolute Gasteiger partial charge is 0.223 e. The molecule has 100 valence electrons. The van der Waals surface area contributed by atoms with Gasteiger partial charge in [0.15, 0.2) is 0 Å². The molecule has 0 bridgehead atoms. The van der Waals surface area contributed by atoms with Gasteiger partial charge < -0.3 is 5.32 Å². The standard InChI is InChI=1S/C15H23NOS/c1-10-9-14(12(3)18-10)11(2)16-15(17)13-7-5-4-6-8-13/h9,11,13H,4-8H2,1-3H3,(H,16,17). The van der Waals surface area contributed by atoms with Gasteiger partial charge in [0.05, 0.1) is 6.04 Å². The summed E-state index contributed by atoms with van der Waals surface area (Å²) in [6.45, 7) is 6.35. The zero-order chi connectivity index (χ0) is 13.1. The van der Waals surface area contributed by atoms with Crippen LogP contribution in [0.4, 0.5) is 0 Å². The number of aryl methyl sites for hydroxylation is 2. The molecule has 1 aliphatic rings. The molecular formula is C15H23NOS. The second kappa shape index (κ2) is 5.87. The maximum absolute atomic E-state index is 12.2. The molecule has 1 aromatic heterocycles. The van der Waals surface area contributed by atoms with Crippen LogP contribution in [0.15, 0.2) is 6.07 Å². The predicted molar refractivity (Wildman–Crippen MR) is 76.9 cm³/mol. The van der Waals surface area contributed by atoms with Gasteiger partial charge in [-0.2, -0.15) is 0 Å². The van der Waals surface area contributed by atoms with Gasteiger partial charge in [-0.15, -0.1) is 11.3 Å². The fourth-order valence-corrected chi connectivity index (χ4v) is 3.88. The summed E-state index contributed by atoms with van der Waals surface area (Å²) in [5, 5.41) is 3.19. The molecular weight excluding hydrogens is 242 g/mol. The van der Waals surface area contributed by atoms with Crippen molar-refractivity contribution in [1.29, 1.82) is 0 Å². The van der Waals surface area contributed by atoms with Gasteiger partial charge in [-0.1, -0.05) is 19.3 Å². The van der Waals surface area contributed by atoms with E-state index in [1.54, 1.807) is 0 Å². The Hall–Kier alpha value is -0.830. The maximum atomic E-state index is 12.2. The third-order valence-electron chi connectivity index (χ3n) is 3.88. The highest BCUT2D eigenvalue weighted by Crippen LogP contribution is 2.28. The molecule has 2 nitrogen and oxygen atoms in total. The lowest BCUT2D eigenvalue weighted by atomic mass is 9.88. The third-order valence-corrected chi connectivity index (χ3v) is 4.86. The molecule has 0 spiro atoms.